The summed E-state index contributed by atoms with van der Waals surface area (Å²) in [5.41, 5.74) is 0. The summed E-state index contributed by atoms with van der Waals surface area (Å²) in [5, 5.41) is 10.7. The summed E-state index contributed by atoms with van der Waals surface area (Å²) in [5.74, 6) is -0.849. The van der Waals surface area contributed by atoms with Crippen LogP contribution in [0.1, 0.15) is 13.3 Å². The second-order valence-electron chi connectivity index (χ2n) is 3.04. The number of hydrogen-bond acceptors (Lipinski definition) is 5. The van der Waals surface area contributed by atoms with E-state index < -0.39 is 12.0 Å². The normalized spacial score (nSPS) is 11.9. The van der Waals surface area contributed by atoms with Gasteiger partial charge in [-0.2, -0.15) is 11.8 Å². The molecule has 0 saturated heterocycles. The Balaban J connectivity index is 4.19. The van der Waals surface area contributed by atoms with Crippen LogP contribution in [0.15, 0.2) is 0 Å². The van der Waals surface area contributed by atoms with Gasteiger partial charge in [-0.25, -0.2) is 0 Å². The quantitative estimate of drug-likeness (QED) is 0.701. The van der Waals surface area contributed by atoms with E-state index in [4.69, 9.17) is 5.11 Å². The minimum atomic E-state index is -1.04. The van der Waals surface area contributed by atoms with Crippen molar-refractivity contribution >= 4 is 40.5 Å². The highest BCUT2D eigenvalue weighted by atomic mass is 32.2. The summed E-state index contributed by atoms with van der Waals surface area (Å²) >= 11 is 2.29. The molecule has 16 heavy (non-hydrogen) atoms. The van der Waals surface area contributed by atoms with Crippen molar-refractivity contribution in [1.82, 2.24) is 5.32 Å². The molecule has 0 unspecified atom stereocenters. The summed E-state index contributed by atoms with van der Waals surface area (Å²) in [4.78, 5) is 32.7. The van der Waals surface area contributed by atoms with E-state index in [9.17, 15) is 14.4 Å². The van der Waals surface area contributed by atoms with Crippen molar-refractivity contribution in [2.24, 2.45) is 0 Å². The number of aliphatic carboxylic acids is 1. The van der Waals surface area contributed by atoms with Crippen molar-refractivity contribution in [2.75, 3.05) is 17.8 Å². The zero-order valence-electron chi connectivity index (χ0n) is 9.19. The number of carbonyl (C=O) groups excluding carboxylic acids is 2. The van der Waals surface area contributed by atoms with Crippen LogP contribution in [0, 0.1) is 0 Å². The van der Waals surface area contributed by atoms with E-state index in [0.717, 1.165) is 17.5 Å². The maximum atomic E-state index is 11.6. The van der Waals surface area contributed by atoms with Crippen LogP contribution in [0.4, 0.5) is 0 Å². The zero-order valence-corrected chi connectivity index (χ0v) is 10.8. The Labute approximate surface area is 103 Å². The van der Waals surface area contributed by atoms with E-state index in [0.29, 0.717) is 6.42 Å². The monoisotopic (exact) mass is 265 g/mol. The molecule has 0 bridgehead atoms. The van der Waals surface area contributed by atoms with Gasteiger partial charge in [-0.3, -0.25) is 14.4 Å². The Morgan fingerprint density at radius 3 is 2.44 bits per heavy atom. The standard InChI is InChI=1S/C9H15NO4S2/c1-6(11)10-7(3-4-15-2)9(14)16-5-8(12)13/h7H,3-5H2,1-2H3,(H,10,11)(H,12,13)/t7-/m0/s1. The van der Waals surface area contributed by atoms with Gasteiger partial charge in [-0.1, -0.05) is 11.8 Å². The predicted molar refractivity (Wildman–Crippen MR) is 65.7 cm³/mol. The maximum Gasteiger partial charge on any atom is 0.313 e. The van der Waals surface area contributed by atoms with Gasteiger partial charge >= 0.3 is 5.97 Å². The number of nitrogens with one attached hydrogen (secondary N) is 1. The lowest BCUT2D eigenvalue weighted by Gasteiger charge is -2.14. The second-order valence-corrected chi connectivity index (χ2v) is 5.00. The first-order valence-corrected chi connectivity index (χ1v) is 6.99. The minimum absolute atomic E-state index is 0.270. The predicted octanol–water partition coefficient (Wildman–Crippen LogP) is 0.589. The molecule has 2 N–H and O–H groups in total. The molecule has 0 radical (unpaired) electrons. The number of carboxylic acids is 1. The van der Waals surface area contributed by atoms with Crippen LogP contribution in [0.3, 0.4) is 0 Å². The lowest BCUT2D eigenvalue weighted by Crippen LogP contribution is -2.39. The number of thioether (sulfide) groups is 2. The second kappa shape index (κ2) is 8.46. The topological polar surface area (TPSA) is 83.5 Å². The molecule has 0 heterocycles. The fourth-order valence-corrected chi connectivity index (χ4v) is 2.08. The minimum Gasteiger partial charge on any atom is -0.481 e. The zero-order chi connectivity index (χ0) is 12.6. The third-order valence-corrected chi connectivity index (χ3v) is 3.21. The third kappa shape index (κ3) is 7.58. The molecule has 7 heteroatoms. The Kier molecular flexibility index (Phi) is 8.10. The fraction of sp³-hybridized carbons (Fsp3) is 0.667. The number of hydrogen-bond donors (Lipinski definition) is 2. The van der Waals surface area contributed by atoms with Crippen molar-refractivity contribution in [3.05, 3.63) is 0 Å². The highest BCUT2D eigenvalue weighted by Crippen LogP contribution is 2.10. The van der Waals surface area contributed by atoms with E-state index in [2.05, 4.69) is 5.32 Å². The highest BCUT2D eigenvalue weighted by molar-refractivity contribution is 8.14. The van der Waals surface area contributed by atoms with Crippen molar-refractivity contribution in [1.29, 1.82) is 0 Å². The van der Waals surface area contributed by atoms with Crippen LogP contribution in [-0.2, 0) is 14.4 Å². The Morgan fingerprint density at radius 1 is 1.38 bits per heavy atom. The van der Waals surface area contributed by atoms with Gasteiger partial charge < -0.3 is 10.4 Å². The van der Waals surface area contributed by atoms with E-state index in [1.165, 1.54) is 6.92 Å². The maximum absolute atomic E-state index is 11.6. The van der Waals surface area contributed by atoms with Crippen LogP contribution >= 0.6 is 23.5 Å². The van der Waals surface area contributed by atoms with Crippen LogP contribution in [0.5, 0.6) is 0 Å². The van der Waals surface area contributed by atoms with Gasteiger partial charge in [-0.05, 0) is 18.4 Å². The Morgan fingerprint density at radius 2 is 2.00 bits per heavy atom. The van der Waals surface area contributed by atoms with E-state index in [-0.39, 0.29) is 16.8 Å². The molecule has 5 nitrogen and oxygen atoms in total. The lowest BCUT2D eigenvalue weighted by atomic mass is 10.2. The van der Waals surface area contributed by atoms with Crippen molar-refractivity contribution in [3.8, 4) is 0 Å². The van der Waals surface area contributed by atoms with Gasteiger partial charge in [0.25, 0.3) is 0 Å². The number of amides is 1. The van der Waals surface area contributed by atoms with Crippen molar-refractivity contribution in [2.45, 2.75) is 19.4 Å². The first-order chi connectivity index (χ1) is 7.47. The lowest BCUT2D eigenvalue weighted by molar-refractivity contribution is -0.134. The van der Waals surface area contributed by atoms with E-state index in [1.54, 1.807) is 11.8 Å². The largest absolute Gasteiger partial charge is 0.481 e. The Hall–Kier alpha value is -0.690. The fourth-order valence-electron chi connectivity index (χ4n) is 0.963. The van der Waals surface area contributed by atoms with Crippen LogP contribution < -0.4 is 5.32 Å². The molecule has 0 aromatic rings. The number of carboxylic acid groups (broad SMARTS) is 1. The summed E-state index contributed by atoms with van der Waals surface area (Å²) in [6.07, 6.45) is 2.42. The third-order valence-electron chi connectivity index (χ3n) is 1.61. The summed E-state index contributed by atoms with van der Waals surface area (Å²) in [6.45, 7) is 1.33. The molecule has 1 amide bonds. The van der Waals surface area contributed by atoms with Gasteiger partial charge in [0.2, 0.25) is 11.0 Å². The van der Waals surface area contributed by atoms with Crippen LogP contribution in [-0.4, -0.2) is 45.9 Å². The summed E-state index contributed by atoms with van der Waals surface area (Å²) in [6, 6.07) is -0.589. The average molecular weight is 265 g/mol. The van der Waals surface area contributed by atoms with Gasteiger partial charge in [-0.15, -0.1) is 0 Å². The van der Waals surface area contributed by atoms with Crippen LogP contribution in [0.25, 0.3) is 0 Å². The van der Waals surface area contributed by atoms with Gasteiger partial charge in [0.1, 0.15) is 0 Å². The molecular weight excluding hydrogens is 250 g/mol. The van der Waals surface area contributed by atoms with Gasteiger partial charge in [0.05, 0.1) is 11.8 Å². The van der Waals surface area contributed by atoms with Crippen molar-refractivity contribution in [3.63, 3.8) is 0 Å². The summed E-state index contributed by atoms with van der Waals surface area (Å²) in [7, 11) is 0. The SMILES string of the molecule is CSCC[C@H](NC(C)=O)C(=O)SCC(=O)O. The number of rotatable bonds is 7. The van der Waals surface area contributed by atoms with Crippen molar-refractivity contribution < 1.29 is 19.5 Å². The molecule has 1 atom stereocenters. The van der Waals surface area contributed by atoms with E-state index in [1.807, 2.05) is 6.26 Å². The average Bonchev–Trinajstić information content (AvgIpc) is 2.20. The molecule has 0 rings (SSSR count). The molecule has 0 aliphatic rings. The number of carbonyl (C=O) groups is 3. The molecule has 92 valence electrons. The highest BCUT2D eigenvalue weighted by Gasteiger charge is 2.20. The summed E-state index contributed by atoms with van der Waals surface area (Å²) < 4.78 is 0. The molecular formula is C9H15NO4S2. The van der Waals surface area contributed by atoms with E-state index >= 15 is 0 Å². The smallest absolute Gasteiger partial charge is 0.313 e. The first-order valence-electron chi connectivity index (χ1n) is 4.61. The van der Waals surface area contributed by atoms with Gasteiger partial charge in [0.15, 0.2) is 0 Å². The molecule has 0 aliphatic heterocycles. The van der Waals surface area contributed by atoms with Crippen LogP contribution in [0.2, 0.25) is 0 Å². The Bertz CT molecular complexity index is 270. The molecule has 0 aliphatic carbocycles. The molecule has 0 spiro atoms. The first kappa shape index (κ1) is 15.3. The van der Waals surface area contributed by atoms with Gasteiger partial charge in [0, 0.05) is 6.92 Å². The molecule has 0 fully saturated rings. The molecule has 0 aromatic heterocycles. The molecule has 0 saturated carbocycles. The molecule has 0 aromatic carbocycles.